The van der Waals surface area contributed by atoms with Gasteiger partial charge in [-0.25, -0.2) is 0 Å². The molecule has 0 saturated heterocycles. The van der Waals surface area contributed by atoms with Crippen molar-refractivity contribution < 1.29 is 4.84 Å². The van der Waals surface area contributed by atoms with E-state index >= 15 is 0 Å². The molecule has 1 atom stereocenters. The largest absolute Gasteiger partial charge is 0.269 e. The maximum Gasteiger partial charge on any atom is 0.0934 e. The van der Waals surface area contributed by atoms with Gasteiger partial charge in [0.05, 0.1) is 18.3 Å². The van der Waals surface area contributed by atoms with Crippen LogP contribution < -0.4 is 0 Å². The molecule has 0 spiro atoms. The Morgan fingerprint density at radius 3 is 1.70 bits per heavy atom. The topological polar surface area (TPSA) is 12.5 Å². The Morgan fingerprint density at radius 1 is 0.758 bits per heavy atom. The Kier molecular flexibility index (Phi) is 27.7. The van der Waals surface area contributed by atoms with Crippen LogP contribution in [-0.4, -0.2) is 17.7 Å². The van der Waals surface area contributed by atoms with Crippen LogP contribution in [0.3, 0.4) is 0 Å². The zero-order valence-electron chi connectivity index (χ0n) is 23.6. The van der Waals surface area contributed by atoms with Crippen LogP contribution in [0, 0.1) is 0 Å². The van der Waals surface area contributed by atoms with Crippen molar-refractivity contribution in [3.63, 3.8) is 0 Å². The smallest absolute Gasteiger partial charge is 0.0934 e. The van der Waals surface area contributed by atoms with Crippen LogP contribution in [0.5, 0.6) is 0 Å². The molecule has 3 rings (SSSR count). The number of rotatable bonds is 5. The highest BCUT2D eigenvalue weighted by atomic mass is 16.7. The van der Waals surface area contributed by atoms with Gasteiger partial charge in [0.25, 0.3) is 0 Å². The third-order valence-electron chi connectivity index (χ3n) is 4.24. The van der Waals surface area contributed by atoms with Crippen molar-refractivity contribution in [1.29, 1.82) is 0 Å². The summed E-state index contributed by atoms with van der Waals surface area (Å²) in [4.78, 5) is 5.76. The fraction of sp³-hybridized carbons (Fsp3) is 0.484. The maximum atomic E-state index is 5.76. The van der Waals surface area contributed by atoms with Gasteiger partial charge in [0, 0.05) is 0 Å². The fourth-order valence-electron chi connectivity index (χ4n) is 2.93. The summed E-state index contributed by atoms with van der Waals surface area (Å²) >= 11 is 0. The van der Waals surface area contributed by atoms with E-state index in [1.54, 1.807) is 0 Å². The van der Waals surface area contributed by atoms with E-state index < -0.39 is 0 Å². The van der Waals surface area contributed by atoms with Gasteiger partial charge < -0.3 is 0 Å². The first kappa shape index (κ1) is 35.3. The minimum absolute atomic E-state index is 0.315. The highest BCUT2D eigenvalue weighted by Gasteiger charge is 2.20. The van der Waals surface area contributed by atoms with Gasteiger partial charge >= 0.3 is 0 Å². The summed E-state index contributed by atoms with van der Waals surface area (Å²) in [6.07, 6.45) is 6.01. The molecule has 0 bridgehead atoms. The van der Waals surface area contributed by atoms with Crippen molar-refractivity contribution in [3.8, 4) is 11.1 Å². The summed E-state index contributed by atoms with van der Waals surface area (Å²) < 4.78 is 0. The van der Waals surface area contributed by atoms with Crippen molar-refractivity contribution >= 4 is 0 Å². The number of hydrogen-bond donors (Lipinski definition) is 0. The average molecular weight is 456 g/mol. The van der Waals surface area contributed by atoms with Gasteiger partial charge in [0.15, 0.2) is 0 Å². The molecule has 1 unspecified atom stereocenters. The van der Waals surface area contributed by atoms with Crippen LogP contribution in [0.15, 0.2) is 79.0 Å². The zero-order chi connectivity index (χ0) is 26.1. The van der Waals surface area contributed by atoms with E-state index in [1.807, 2.05) is 92.5 Å². The highest BCUT2D eigenvalue weighted by molar-refractivity contribution is 5.63. The van der Waals surface area contributed by atoms with Crippen LogP contribution in [0.25, 0.3) is 11.1 Å². The highest BCUT2D eigenvalue weighted by Crippen LogP contribution is 2.23. The van der Waals surface area contributed by atoms with Crippen molar-refractivity contribution in [2.24, 2.45) is 0 Å². The van der Waals surface area contributed by atoms with Crippen molar-refractivity contribution in [1.82, 2.24) is 5.06 Å². The molecule has 0 N–H and O–H groups in total. The Labute approximate surface area is 207 Å². The normalized spacial score (nSPS) is 11.8. The SMILES string of the molecule is C=C1C=CCON1C(CC)Cc1ccc(-c2ccccc2)cc1.CC.CC.CC.CC.CC. The number of hydrogen-bond acceptors (Lipinski definition) is 2. The Bertz CT molecular complexity index is 674. The second-order valence-electron chi connectivity index (χ2n) is 5.84. The first-order chi connectivity index (χ1) is 16.3. The molecule has 2 aromatic carbocycles. The Morgan fingerprint density at radius 2 is 1.24 bits per heavy atom. The van der Waals surface area contributed by atoms with Gasteiger partial charge in [0.2, 0.25) is 0 Å². The summed E-state index contributed by atoms with van der Waals surface area (Å²) in [6.45, 7) is 26.9. The van der Waals surface area contributed by atoms with Crippen LogP contribution in [0.1, 0.15) is 88.1 Å². The molecule has 2 nitrogen and oxygen atoms in total. The van der Waals surface area contributed by atoms with Crippen molar-refractivity contribution in [2.75, 3.05) is 6.61 Å². The zero-order valence-corrected chi connectivity index (χ0v) is 23.6. The molecule has 0 aromatic heterocycles. The summed E-state index contributed by atoms with van der Waals surface area (Å²) in [5, 5.41) is 1.96. The van der Waals surface area contributed by atoms with E-state index in [9.17, 15) is 0 Å². The molecule has 0 amide bonds. The van der Waals surface area contributed by atoms with Crippen LogP contribution in [0.2, 0.25) is 0 Å². The third kappa shape index (κ3) is 13.7. The van der Waals surface area contributed by atoms with Crippen LogP contribution in [-0.2, 0) is 11.3 Å². The molecule has 2 aromatic rings. The number of nitrogens with zero attached hydrogens (tertiary/aromatic N) is 1. The van der Waals surface area contributed by atoms with Gasteiger partial charge in [-0.3, -0.25) is 9.90 Å². The van der Waals surface area contributed by atoms with Gasteiger partial charge in [0.1, 0.15) is 0 Å². The summed E-state index contributed by atoms with van der Waals surface area (Å²) in [5.74, 6) is 0. The van der Waals surface area contributed by atoms with E-state index in [1.165, 1.54) is 16.7 Å². The number of hydroxylamine groups is 2. The number of benzene rings is 2. The second kappa shape index (κ2) is 25.9. The molecular formula is C31H53NO. The molecule has 2 heteroatoms. The predicted octanol–water partition coefficient (Wildman–Crippen LogP) is 10.1. The molecule has 1 aliphatic heterocycles. The summed E-state index contributed by atoms with van der Waals surface area (Å²) in [5.41, 5.74) is 4.76. The lowest BCUT2D eigenvalue weighted by Crippen LogP contribution is -2.36. The average Bonchev–Trinajstić information content (AvgIpc) is 2.94. The molecule has 1 heterocycles. The molecule has 33 heavy (non-hydrogen) atoms. The maximum absolute atomic E-state index is 5.76. The lowest BCUT2D eigenvalue weighted by atomic mass is 9.99. The van der Waals surface area contributed by atoms with Gasteiger partial charge in [-0.1, -0.05) is 143 Å². The van der Waals surface area contributed by atoms with Crippen molar-refractivity contribution in [3.05, 3.63) is 84.6 Å². The molecule has 1 aliphatic rings. The lowest BCUT2D eigenvalue weighted by Gasteiger charge is -2.34. The minimum atomic E-state index is 0.315. The van der Waals surface area contributed by atoms with E-state index in [0.717, 1.165) is 18.5 Å². The lowest BCUT2D eigenvalue weighted by molar-refractivity contribution is -0.150. The third-order valence-corrected chi connectivity index (χ3v) is 4.24. The van der Waals surface area contributed by atoms with Crippen LogP contribution in [0.4, 0.5) is 0 Å². The molecule has 0 fully saturated rings. The molecular weight excluding hydrogens is 402 g/mol. The first-order valence-electron chi connectivity index (χ1n) is 13.2. The van der Waals surface area contributed by atoms with Gasteiger partial charge in [-0.05, 0) is 35.6 Å². The molecule has 0 radical (unpaired) electrons. The quantitative estimate of drug-likeness (QED) is 0.444. The molecule has 188 valence electrons. The monoisotopic (exact) mass is 455 g/mol. The van der Waals surface area contributed by atoms with Gasteiger partial charge in [-0.2, -0.15) is 0 Å². The second-order valence-corrected chi connectivity index (χ2v) is 5.84. The molecule has 0 saturated carbocycles. The van der Waals surface area contributed by atoms with Crippen LogP contribution >= 0.6 is 0 Å². The Balaban J connectivity index is -0.000000798. The van der Waals surface area contributed by atoms with Crippen molar-refractivity contribution in [2.45, 2.75) is 95.0 Å². The van der Waals surface area contributed by atoms with E-state index in [0.29, 0.717) is 12.6 Å². The van der Waals surface area contributed by atoms with E-state index in [2.05, 4.69) is 62.0 Å². The summed E-state index contributed by atoms with van der Waals surface area (Å²) in [6, 6.07) is 19.6. The standard InChI is InChI=1S/C21H23NO.5C2H6/c1-3-21(22-17(2)8-7-15-23-22)16-18-11-13-20(14-12-18)19-9-5-4-6-10-19;5*1-2/h4-14,21H,2-3,15-16H2,1H3;5*1-2H3. The summed E-state index contributed by atoms with van der Waals surface area (Å²) in [7, 11) is 0. The number of allylic oxidation sites excluding steroid dienone is 1. The van der Waals surface area contributed by atoms with E-state index in [-0.39, 0.29) is 0 Å². The predicted molar refractivity (Wildman–Crippen MR) is 152 cm³/mol. The molecule has 0 aliphatic carbocycles. The first-order valence-corrected chi connectivity index (χ1v) is 13.2. The minimum Gasteiger partial charge on any atom is -0.269 e. The van der Waals surface area contributed by atoms with Gasteiger partial charge in [-0.15, -0.1) is 0 Å². The van der Waals surface area contributed by atoms with E-state index in [4.69, 9.17) is 4.84 Å². The Hall–Kier alpha value is -2.32. The fourth-order valence-corrected chi connectivity index (χ4v) is 2.93.